The Hall–Kier alpha value is -0.850. The van der Waals surface area contributed by atoms with Crippen molar-refractivity contribution >= 4 is 5.78 Å². The van der Waals surface area contributed by atoms with Crippen molar-refractivity contribution in [2.45, 2.75) is 34.1 Å². The zero-order chi connectivity index (χ0) is 10.8. The monoisotopic (exact) mass is 192 g/mol. The molecule has 0 saturated carbocycles. The minimum Gasteiger partial charge on any atom is -0.295 e. The highest BCUT2D eigenvalue weighted by Crippen LogP contribution is 2.40. The molecule has 14 heavy (non-hydrogen) atoms. The molecule has 1 aliphatic rings. The first-order chi connectivity index (χ1) is 6.49. The summed E-state index contributed by atoms with van der Waals surface area (Å²) in [6, 6.07) is 0. The summed E-state index contributed by atoms with van der Waals surface area (Å²) >= 11 is 0. The average molecular weight is 192 g/mol. The maximum Gasteiger partial charge on any atom is 0.159 e. The number of hydrogen-bond acceptors (Lipinski definition) is 1. The summed E-state index contributed by atoms with van der Waals surface area (Å²) in [4.78, 5) is 11.9. The predicted molar refractivity (Wildman–Crippen MR) is 60.0 cm³/mol. The lowest BCUT2D eigenvalue weighted by Gasteiger charge is -2.37. The molecule has 1 heteroatoms. The van der Waals surface area contributed by atoms with E-state index in [9.17, 15) is 4.79 Å². The van der Waals surface area contributed by atoms with Gasteiger partial charge in [0.1, 0.15) is 0 Å². The minimum absolute atomic E-state index is 0.00819. The van der Waals surface area contributed by atoms with Crippen LogP contribution in [0.1, 0.15) is 34.1 Å². The minimum atomic E-state index is 0.00819. The summed E-state index contributed by atoms with van der Waals surface area (Å²) in [5, 5.41) is 0. The number of ketones is 1. The zero-order valence-corrected chi connectivity index (χ0v) is 9.58. The van der Waals surface area contributed by atoms with Crippen LogP contribution in [0.5, 0.6) is 0 Å². The van der Waals surface area contributed by atoms with E-state index >= 15 is 0 Å². The Bertz CT molecular complexity index is 271. The van der Waals surface area contributed by atoms with Gasteiger partial charge in [-0.2, -0.15) is 0 Å². The van der Waals surface area contributed by atoms with Crippen LogP contribution < -0.4 is 0 Å². The maximum atomic E-state index is 11.9. The molecule has 1 aliphatic carbocycles. The summed E-state index contributed by atoms with van der Waals surface area (Å²) in [5.41, 5.74) is 0.00819. The lowest BCUT2D eigenvalue weighted by molar-refractivity contribution is -0.122. The van der Waals surface area contributed by atoms with E-state index in [0.29, 0.717) is 5.92 Å². The van der Waals surface area contributed by atoms with Crippen LogP contribution >= 0.6 is 0 Å². The van der Waals surface area contributed by atoms with E-state index in [1.165, 1.54) is 0 Å². The smallest absolute Gasteiger partial charge is 0.159 e. The number of allylic oxidation sites excluding steroid dienone is 4. The van der Waals surface area contributed by atoms with Gasteiger partial charge in [-0.1, -0.05) is 39.0 Å². The van der Waals surface area contributed by atoms with Gasteiger partial charge in [0.25, 0.3) is 0 Å². The Kier molecular flexibility index (Phi) is 3.30. The van der Waals surface area contributed by atoms with E-state index in [4.69, 9.17) is 0 Å². The Morgan fingerprint density at radius 2 is 2.14 bits per heavy atom. The van der Waals surface area contributed by atoms with E-state index < -0.39 is 0 Å². The van der Waals surface area contributed by atoms with Crippen LogP contribution in [0.15, 0.2) is 24.3 Å². The quantitative estimate of drug-likeness (QED) is 0.484. The molecule has 0 spiro atoms. The molecule has 0 aromatic rings. The van der Waals surface area contributed by atoms with Gasteiger partial charge in [-0.25, -0.2) is 0 Å². The fraction of sp³-hybridized carbons (Fsp3) is 0.615. The highest BCUT2D eigenvalue weighted by atomic mass is 16.1. The Morgan fingerprint density at radius 3 is 2.64 bits per heavy atom. The van der Waals surface area contributed by atoms with Crippen LogP contribution in [0.3, 0.4) is 0 Å². The predicted octanol–water partition coefficient (Wildman–Crippen LogP) is 3.37. The summed E-state index contributed by atoms with van der Waals surface area (Å²) in [6.45, 7) is 8.35. The van der Waals surface area contributed by atoms with Crippen LogP contribution in [0.25, 0.3) is 0 Å². The molecule has 0 heterocycles. The van der Waals surface area contributed by atoms with Crippen molar-refractivity contribution in [1.29, 1.82) is 0 Å². The normalized spacial score (nSPS) is 30.9. The summed E-state index contributed by atoms with van der Waals surface area (Å²) in [6.07, 6.45) is 8.95. The SMILES string of the molecule is C/C=C/C(=O)C1C(C)CC=CC1(C)C. The van der Waals surface area contributed by atoms with Gasteiger partial charge in [0, 0.05) is 5.92 Å². The number of hydrogen-bond donors (Lipinski definition) is 0. The molecular weight excluding hydrogens is 172 g/mol. The molecule has 1 nitrogen and oxygen atoms in total. The van der Waals surface area contributed by atoms with E-state index in [2.05, 4.69) is 32.9 Å². The molecule has 0 saturated heterocycles. The standard InChI is InChI=1S/C13H20O/c1-5-7-11(14)12-10(2)8-6-9-13(12,3)4/h5-7,9-10,12H,8H2,1-4H3/b7-5+. The molecule has 0 aromatic carbocycles. The van der Waals surface area contributed by atoms with Crippen LogP contribution in [-0.2, 0) is 4.79 Å². The second-order valence-corrected chi connectivity index (χ2v) is 4.82. The number of carbonyl (C=O) groups excluding carboxylic acids is 1. The van der Waals surface area contributed by atoms with E-state index in [1.54, 1.807) is 6.08 Å². The van der Waals surface area contributed by atoms with Gasteiger partial charge in [-0.05, 0) is 30.8 Å². The lowest BCUT2D eigenvalue weighted by atomic mass is 9.66. The fourth-order valence-corrected chi connectivity index (χ4v) is 2.47. The lowest BCUT2D eigenvalue weighted by Crippen LogP contribution is -2.36. The topological polar surface area (TPSA) is 17.1 Å². The summed E-state index contributed by atoms with van der Waals surface area (Å²) in [7, 11) is 0. The third-order valence-corrected chi connectivity index (χ3v) is 3.06. The van der Waals surface area contributed by atoms with Crippen molar-refractivity contribution in [1.82, 2.24) is 0 Å². The van der Waals surface area contributed by atoms with Crippen molar-refractivity contribution in [3.8, 4) is 0 Å². The van der Waals surface area contributed by atoms with Crippen molar-refractivity contribution in [2.24, 2.45) is 17.3 Å². The Balaban J connectivity index is 2.93. The van der Waals surface area contributed by atoms with E-state index in [-0.39, 0.29) is 17.1 Å². The summed E-state index contributed by atoms with van der Waals surface area (Å²) in [5.74, 6) is 0.872. The van der Waals surface area contributed by atoms with E-state index in [1.807, 2.05) is 13.0 Å². The molecule has 1 rings (SSSR count). The van der Waals surface area contributed by atoms with Gasteiger partial charge in [0.05, 0.1) is 0 Å². The molecule has 0 aliphatic heterocycles. The Labute approximate surface area is 86.9 Å². The third-order valence-electron chi connectivity index (χ3n) is 3.06. The molecule has 0 amide bonds. The molecule has 0 fully saturated rings. The first-order valence-corrected chi connectivity index (χ1v) is 5.33. The maximum absolute atomic E-state index is 11.9. The van der Waals surface area contributed by atoms with E-state index in [0.717, 1.165) is 6.42 Å². The number of carbonyl (C=O) groups is 1. The molecular formula is C13H20O. The van der Waals surface area contributed by atoms with Crippen molar-refractivity contribution in [3.63, 3.8) is 0 Å². The Morgan fingerprint density at radius 1 is 1.50 bits per heavy atom. The average Bonchev–Trinajstić information content (AvgIpc) is 2.02. The molecule has 2 unspecified atom stereocenters. The molecule has 0 radical (unpaired) electrons. The second kappa shape index (κ2) is 4.12. The third kappa shape index (κ3) is 2.14. The van der Waals surface area contributed by atoms with Crippen molar-refractivity contribution < 1.29 is 4.79 Å². The highest BCUT2D eigenvalue weighted by Gasteiger charge is 2.37. The molecule has 0 aromatic heterocycles. The van der Waals surface area contributed by atoms with Crippen LogP contribution in [0.4, 0.5) is 0 Å². The van der Waals surface area contributed by atoms with Gasteiger partial charge in [-0.15, -0.1) is 0 Å². The van der Waals surface area contributed by atoms with Gasteiger partial charge in [0.15, 0.2) is 5.78 Å². The van der Waals surface area contributed by atoms with Crippen molar-refractivity contribution in [2.75, 3.05) is 0 Å². The fourth-order valence-electron chi connectivity index (χ4n) is 2.47. The second-order valence-electron chi connectivity index (χ2n) is 4.82. The highest BCUT2D eigenvalue weighted by molar-refractivity contribution is 5.92. The summed E-state index contributed by atoms with van der Waals surface area (Å²) < 4.78 is 0. The first kappa shape index (κ1) is 11.2. The molecule has 2 atom stereocenters. The zero-order valence-electron chi connectivity index (χ0n) is 9.58. The van der Waals surface area contributed by atoms with Gasteiger partial charge < -0.3 is 0 Å². The molecule has 0 bridgehead atoms. The van der Waals surface area contributed by atoms with Gasteiger partial charge >= 0.3 is 0 Å². The van der Waals surface area contributed by atoms with Crippen LogP contribution in [0.2, 0.25) is 0 Å². The molecule has 78 valence electrons. The van der Waals surface area contributed by atoms with Crippen LogP contribution in [-0.4, -0.2) is 5.78 Å². The first-order valence-electron chi connectivity index (χ1n) is 5.33. The van der Waals surface area contributed by atoms with Crippen LogP contribution in [0, 0.1) is 17.3 Å². The molecule has 0 N–H and O–H groups in total. The number of rotatable bonds is 2. The largest absolute Gasteiger partial charge is 0.295 e. The van der Waals surface area contributed by atoms with Crippen molar-refractivity contribution in [3.05, 3.63) is 24.3 Å². The van der Waals surface area contributed by atoms with Gasteiger partial charge in [0.2, 0.25) is 0 Å². The van der Waals surface area contributed by atoms with Gasteiger partial charge in [-0.3, -0.25) is 4.79 Å².